The fourth-order valence-electron chi connectivity index (χ4n) is 3.37. The van der Waals surface area contributed by atoms with Gasteiger partial charge in [-0.2, -0.15) is 5.10 Å². The minimum Gasteiger partial charge on any atom is -0.394 e. The molecule has 2 aromatic rings. The molecule has 0 saturated carbocycles. The monoisotopic (exact) mass is 496 g/mol. The Kier molecular flexibility index (Phi) is 7.05. The molecule has 1 aliphatic heterocycles. The van der Waals surface area contributed by atoms with E-state index in [2.05, 4.69) is 42.0 Å². The lowest BCUT2D eigenvalue weighted by Crippen LogP contribution is -2.51. The number of likely N-dealkylation sites (tertiary alicyclic amines) is 1. The van der Waals surface area contributed by atoms with Crippen molar-refractivity contribution in [3.8, 4) is 0 Å². The van der Waals surface area contributed by atoms with Crippen LogP contribution in [0.2, 0.25) is 0 Å². The predicted molar refractivity (Wildman–Crippen MR) is 112 cm³/mol. The molecule has 3 heterocycles. The van der Waals surface area contributed by atoms with Crippen LogP contribution in [0.5, 0.6) is 0 Å². The first kappa shape index (κ1) is 22.9. The molecule has 12 nitrogen and oxygen atoms in total. The zero-order valence-electron chi connectivity index (χ0n) is 17.4. The van der Waals surface area contributed by atoms with Gasteiger partial charge in [-0.3, -0.25) is 19.1 Å². The quantitative estimate of drug-likeness (QED) is 0.449. The zero-order valence-corrected chi connectivity index (χ0v) is 19.0. The summed E-state index contributed by atoms with van der Waals surface area (Å²) in [7, 11) is 1.70. The number of aliphatic hydroxyl groups excluding tert-OH is 1. The molecule has 0 bridgehead atoms. The van der Waals surface area contributed by atoms with Gasteiger partial charge in [0.15, 0.2) is 5.69 Å². The van der Waals surface area contributed by atoms with E-state index in [0.717, 1.165) is 0 Å². The molecule has 0 unspecified atom stereocenters. The summed E-state index contributed by atoms with van der Waals surface area (Å²) in [4.78, 5) is 39.2. The second-order valence-corrected chi connectivity index (χ2v) is 8.53. The highest BCUT2D eigenvalue weighted by Crippen LogP contribution is 2.23. The first-order valence-electron chi connectivity index (χ1n) is 9.77. The van der Waals surface area contributed by atoms with E-state index in [-0.39, 0.29) is 36.7 Å². The lowest BCUT2D eigenvalue weighted by molar-refractivity contribution is -0.137. The molecule has 1 saturated heterocycles. The summed E-state index contributed by atoms with van der Waals surface area (Å²) in [6.45, 7) is 3.27. The standard InChI is InChI=1S/C18H25BrN8O4/c1-10(2)16(29)22-13(9-28)18(31)26-7-12(14(8-26)27-5-4-20-24-27)21-17(30)15-11(19)6-25(3)23-15/h4-6,10,12-14,28H,7-9H2,1-3H3,(H,21,30)(H,22,29)/t12-,13+,14+/m1/s1. The van der Waals surface area contributed by atoms with Gasteiger partial charge in [0.2, 0.25) is 11.8 Å². The maximum Gasteiger partial charge on any atom is 0.273 e. The number of carbonyl (C=O) groups excluding carboxylic acids is 3. The maximum absolute atomic E-state index is 13.0. The fraction of sp³-hybridized carbons (Fsp3) is 0.556. The normalized spacial score (nSPS) is 19.5. The van der Waals surface area contributed by atoms with Crippen molar-refractivity contribution in [2.45, 2.75) is 32.0 Å². The summed E-state index contributed by atoms with van der Waals surface area (Å²) >= 11 is 3.31. The van der Waals surface area contributed by atoms with E-state index in [1.54, 1.807) is 38.0 Å². The predicted octanol–water partition coefficient (Wildman–Crippen LogP) is -0.911. The van der Waals surface area contributed by atoms with Crippen LogP contribution in [0.15, 0.2) is 23.1 Å². The fourth-order valence-corrected chi connectivity index (χ4v) is 3.92. The van der Waals surface area contributed by atoms with Gasteiger partial charge < -0.3 is 20.6 Å². The molecule has 1 aliphatic rings. The van der Waals surface area contributed by atoms with Crippen LogP contribution in [0.4, 0.5) is 0 Å². The van der Waals surface area contributed by atoms with Crippen molar-refractivity contribution < 1.29 is 19.5 Å². The number of aliphatic hydroxyl groups is 1. The summed E-state index contributed by atoms with van der Waals surface area (Å²) < 4.78 is 3.64. The Hall–Kier alpha value is -2.80. The minimum atomic E-state index is -1.06. The summed E-state index contributed by atoms with van der Waals surface area (Å²) in [5.74, 6) is -1.49. The van der Waals surface area contributed by atoms with Crippen LogP contribution in [0.1, 0.15) is 30.4 Å². The SMILES string of the molecule is CC(C)C(=O)N[C@@H](CO)C(=O)N1C[C@@H](NC(=O)c2nn(C)cc2Br)[C@@H](n2ccnn2)C1. The van der Waals surface area contributed by atoms with E-state index in [1.807, 2.05) is 0 Å². The van der Waals surface area contributed by atoms with E-state index in [9.17, 15) is 19.5 Å². The Labute approximate surface area is 187 Å². The second-order valence-electron chi connectivity index (χ2n) is 7.67. The molecule has 0 spiro atoms. The number of aromatic nitrogens is 5. The lowest BCUT2D eigenvalue weighted by atomic mass is 10.1. The molecule has 1 fully saturated rings. The van der Waals surface area contributed by atoms with Crippen LogP contribution in [0, 0.1) is 5.92 Å². The van der Waals surface area contributed by atoms with Gasteiger partial charge in [-0.1, -0.05) is 19.1 Å². The molecule has 31 heavy (non-hydrogen) atoms. The van der Waals surface area contributed by atoms with Gasteiger partial charge >= 0.3 is 0 Å². The van der Waals surface area contributed by atoms with E-state index >= 15 is 0 Å². The first-order chi connectivity index (χ1) is 14.7. The van der Waals surface area contributed by atoms with Gasteiger partial charge in [-0.05, 0) is 15.9 Å². The largest absolute Gasteiger partial charge is 0.394 e. The van der Waals surface area contributed by atoms with Gasteiger partial charge in [0.25, 0.3) is 5.91 Å². The van der Waals surface area contributed by atoms with Crippen molar-refractivity contribution in [2.24, 2.45) is 13.0 Å². The average molecular weight is 497 g/mol. The molecular weight excluding hydrogens is 472 g/mol. The number of carbonyl (C=O) groups is 3. The second kappa shape index (κ2) is 9.56. The third kappa shape index (κ3) is 5.10. The van der Waals surface area contributed by atoms with E-state index < -0.39 is 30.5 Å². The van der Waals surface area contributed by atoms with Crippen molar-refractivity contribution in [3.05, 3.63) is 28.8 Å². The molecular formula is C18H25BrN8O4. The Bertz CT molecular complexity index is 945. The van der Waals surface area contributed by atoms with Gasteiger partial charge in [-0.25, -0.2) is 4.68 Å². The van der Waals surface area contributed by atoms with Gasteiger partial charge in [0, 0.05) is 38.4 Å². The topological polar surface area (TPSA) is 147 Å². The van der Waals surface area contributed by atoms with Crippen LogP contribution in [-0.2, 0) is 16.6 Å². The molecule has 3 rings (SSSR count). The van der Waals surface area contributed by atoms with Crippen molar-refractivity contribution in [3.63, 3.8) is 0 Å². The third-order valence-electron chi connectivity index (χ3n) is 5.02. The summed E-state index contributed by atoms with van der Waals surface area (Å²) in [6, 6.07) is -1.92. The maximum atomic E-state index is 13.0. The zero-order chi connectivity index (χ0) is 22.7. The number of nitrogens with one attached hydrogen (secondary N) is 2. The van der Waals surface area contributed by atoms with Crippen LogP contribution in [0.25, 0.3) is 0 Å². The molecule has 2 aromatic heterocycles. The number of halogens is 1. The van der Waals surface area contributed by atoms with E-state index in [1.165, 1.54) is 15.8 Å². The molecule has 3 atom stereocenters. The molecule has 0 aliphatic carbocycles. The third-order valence-corrected chi connectivity index (χ3v) is 5.60. The number of nitrogens with zero attached hydrogens (tertiary/aromatic N) is 6. The van der Waals surface area contributed by atoms with Gasteiger partial charge in [0.1, 0.15) is 6.04 Å². The lowest BCUT2D eigenvalue weighted by Gasteiger charge is -2.23. The Morgan fingerprint density at radius 2 is 2.06 bits per heavy atom. The minimum absolute atomic E-state index is 0.174. The number of amides is 3. The molecule has 0 radical (unpaired) electrons. The smallest absolute Gasteiger partial charge is 0.273 e. The molecule has 3 N–H and O–H groups in total. The van der Waals surface area contributed by atoms with E-state index in [4.69, 9.17) is 0 Å². The highest BCUT2D eigenvalue weighted by atomic mass is 79.9. The first-order valence-corrected chi connectivity index (χ1v) is 10.6. The van der Waals surface area contributed by atoms with Crippen molar-refractivity contribution >= 4 is 33.7 Å². The molecule has 13 heteroatoms. The van der Waals surface area contributed by atoms with Gasteiger partial charge in [0.05, 0.1) is 29.4 Å². The summed E-state index contributed by atoms with van der Waals surface area (Å²) in [5.41, 5.74) is 0.224. The van der Waals surface area contributed by atoms with Crippen molar-refractivity contribution in [1.82, 2.24) is 40.3 Å². The average Bonchev–Trinajstić information content (AvgIpc) is 3.45. The Morgan fingerprint density at radius 3 is 2.61 bits per heavy atom. The number of rotatable bonds is 7. The summed E-state index contributed by atoms with van der Waals surface area (Å²) in [5, 5.41) is 27.1. The Morgan fingerprint density at radius 1 is 1.32 bits per heavy atom. The van der Waals surface area contributed by atoms with Crippen LogP contribution >= 0.6 is 15.9 Å². The van der Waals surface area contributed by atoms with Gasteiger partial charge in [-0.15, -0.1) is 5.10 Å². The van der Waals surface area contributed by atoms with E-state index in [0.29, 0.717) is 4.47 Å². The van der Waals surface area contributed by atoms with Crippen molar-refractivity contribution in [2.75, 3.05) is 19.7 Å². The van der Waals surface area contributed by atoms with Crippen LogP contribution < -0.4 is 10.6 Å². The number of aryl methyl sites for hydroxylation is 1. The van der Waals surface area contributed by atoms with Crippen molar-refractivity contribution in [1.29, 1.82) is 0 Å². The van der Waals surface area contributed by atoms with Crippen LogP contribution in [-0.4, -0.2) is 84.3 Å². The number of hydrogen-bond donors (Lipinski definition) is 3. The highest BCUT2D eigenvalue weighted by molar-refractivity contribution is 9.10. The molecule has 168 valence electrons. The number of hydrogen-bond acceptors (Lipinski definition) is 7. The molecule has 0 aromatic carbocycles. The molecule has 3 amide bonds. The Balaban J connectivity index is 1.77. The van der Waals surface area contributed by atoms with Crippen LogP contribution in [0.3, 0.4) is 0 Å². The summed E-state index contributed by atoms with van der Waals surface area (Å²) in [6.07, 6.45) is 4.83. The highest BCUT2D eigenvalue weighted by Gasteiger charge is 2.40.